The fraction of sp³-hybridized carbons (Fsp3) is 0.0851. The minimum atomic E-state index is -0.00757. The van der Waals surface area contributed by atoms with Crippen LogP contribution in [-0.2, 0) is 5.41 Å². The van der Waals surface area contributed by atoms with Crippen molar-refractivity contribution < 1.29 is 4.74 Å². The lowest BCUT2D eigenvalue weighted by molar-refractivity contribution is 0.484. The van der Waals surface area contributed by atoms with Gasteiger partial charge in [0.15, 0.2) is 0 Å². The van der Waals surface area contributed by atoms with Crippen LogP contribution < -0.4 is 4.74 Å². The van der Waals surface area contributed by atoms with Gasteiger partial charge >= 0.3 is 0 Å². The highest BCUT2D eigenvalue weighted by Gasteiger charge is 2.21. The molecule has 11 rings (SSSR count). The van der Waals surface area contributed by atoms with Crippen molar-refractivity contribution in [3.05, 3.63) is 157 Å². The van der Waals surface area contributed by atoms with Crippen molar-refractivity contribution in [1.29, 1.82) is 0 Å². The van der Waals surface area contributed by atoms with Crippen LogP contribution in [0.4, 0.5) is 0 Å². The van der Waals surface area contributed by atoms with E-state index >= 15 is 0 Å². The van der Waals surface area contributed by atoms with Crippen LogP contribution in [0.5, 0.6) is 11.5 Å². The predicted octanol–water partition coefficient (Wildman–Crippen LogP) is 11.7. The van der Waals surface area contributed by atoms with Crippen LogP contribution in [-0.4, -0.2) is 28.3 Å². The second-order valence-corrected chi connectivity index (χ2v) is 15.0. The summed E-state index contributed by atoms with van der Waals surface area (Å²) in [6, 6.07) is 50.7. The summed E-state index contributed by atoms with van der Waals surface area (Å²) in [7, 11) is 0. The summed E-state index contributed by atoms with van der Waals surface area (Å²) < 4.78 is 13.4. The Hall–Kier alpha value is -6.99. The van der Waals surface area contributed by atoms with Crippen LogP contribution in [0.15, 0.2) is 152 Å². The van der Waals surface area contributed by atoms with Gasteiger partial charge in [-0.1, -0.05) is 87.5 Å². The smallest absolute Gasteiger partial charge is 0.221 e. The average Bonchev–Trinajstić information content (AvgIpc) is 3.87. The maximum absolute atomic E-state index is 6.71. The van der Waals surface area contributed by atoms with E-state index < -0.39 is 0 Å². The zero-order valence-corrected chi connectivity index (χ0v) is 30.0. The van der Waals surface area contributed by atoms with Crippen molar-refractivity contribution in [2.24, 2.45) is 0 Å². The number of nitrogens with zero attached hydrogens (tertiary/aromatic N) is 6. The van der Waals surface area contributed by atoms with Gasteiger partial charge in [0.25, 0.3) is 0 Å². The fourth-order valence-corrected chi connectivity index (χ4v) is 8.03. The largest absolute Gasteiger partial charge is 0.457 e. The SMILES string of the molecule is CC(C)(C)c1ccnc(-n2c3ccccc3c3ccc(Oc4ccc5nc6c7cc(-c8ccccc8)ccc7n7c8ccccc8nc7n6c5c4)cc32)c1. The van der Waals surface area contributed by atoms with Crippen molar-refractivity contribution >= 4 is 66.2 Å². The highest BCUT2D eigenvalue weighted by atomic mass is 16.5. The van der Waals surface area contributed by atoms with Crippen LogP contribution in [0, 0.1) is 0 Å². The number of hydrogen-bond donors (Lipinski definition) is 0. The monoisotopic (exact) mass is 698 g/mol. The highest BCUT2D eigenvalue weighted by molar-refractivity contribution is 6.09. The van der Waals surface area contributed by atoms with Crippen LogP contribution in [0.3, 0.4) is 0 Å². The molecular weight excluding hydrogens is 665 g/mol. The number of aromatic nitrogens is 6. The standard InChI is InChI=1S/C47H34N6O/c1-47(2,3)31-23-24-48-44(26-31)51-39-15-9-7-13-34(39)35-20-18-32(27-42(35)51)54-33-19-21-38-43(28-33)53-45(49-38)36-25-30(29-11-5-4-6-12-29)17-22-40(36)52-41-16-10-8-14-37(41)50-46(52)53/h4-28H,1-3H3. The number of imidazole rings is 2. The molecule has 0 aliphatic rings. The third kappa shape index (κ3) is 4.58. The molecule has 258 valence electrons. The summed E-state index contributed by atoms with van der Waals surface area (Å²) in [4.78, 5) is 15.2. The molecule has 0 saturated carbocycles. The second kappa shape index (κ2) is 11.3. The molecule has 0 N–H and O–H groups in total. The van der Waals surface area contributed by atoms with Crippen molar-refractivity contribution in [3.8, 4) is 28.4 Å². The third-order valence-corrected chi connectivity index (χ3v) is 10.7. The molecule has 0 fully saturated rings. The van der Waals surface area contributed by atoms with Crippen molar-refractivity contribution in [2.45, 2.75) is 26.2 Å². The van der Waals surface area contributed by atoms with Gasteiger partial charge in [-0.2, -0.15) is 0 Å². The molecule has 0 aliphatic heterocycles. The number of benzene rings is 6. The molecular formula is C47H34N6O. The lowest BCUT2D eigenvalue weighted by atomic mass is 9.88. The van der Waals surface area contributed by atoms with Gasteiger partial charge in [-0.25, -0.2) is 15.0 Å². The van der Waals surface area contributed by atoms with E-state index in [1.807, 2.05) is 30.5 Å². The number of ether oxygens (including phenoxy) is 1. The molecule has 7 nitrogen and oxygen atoms in total. The normalized spacial score (nSPS) is 12.4. The lowest BCUT2D eigenvalue weighted by Crippen LogP contribution is -2.12. The van der Waals surface area contributed by atoms with Gasteiger partial charge in [0.2, 0.25) is 5.78 Å². The molecule has 0 radical (unpaired) electrons. The van der Waals surface area contributed by atoms with Crippen molar-refractivity contribution in [2.75, 3.05) is 0 Å². The highest BCUT2D eigenvalue weighted by Crippen LogP contribution is 2.38. The maximum Gasteiger partial charge on any atom is 0.221 e. The molecule has 5 aromatic heterocycles. The molecule has 0 spiro atoms. The van der Waals surface area contributed by atoms with Crippen LogP contribution in [0.2, 0.25) is 0 Å². The summed E-state index contributed by atoms with van der Waals surface area (Å²) in [5, 5.41) is 3.37. The lowest BCUT2D eigenvalue weighted by Gasteiger charge is -2.20. The molecule has 0 atom stereocenters. The molecule has 11 aromatic rings. The molecule has 0 bridgehead atoms. The first-order valence-electron chi connectivity index (χ1n) is 18.3. The van der Waals surface area contributed by atoms with E-state index in [0.29, 0.717) is 5.75 Å². The average molecular weight is 699 g/mol. The molecule has 54 heavy (non-hydrogen) atoms. The first kappa shape index (κ1) is 30.6. The number of hydrogen-bond acceptors (Lipinski definition) is 4. The van der Waals surface area contributed by atoms with E-state index in [9.17, 15) is 0 Å². The Morgan fingerprint density at radius 3 is 2.07 bits per heavy atom. The molecule has 0 unspecified atom stereocenters. The molecule has 0 aliphatic carbocycles. The third-order valence-electron chi connectivity index (χ3n) is 10.7. The van der Waals surface area contributed by atoms with Crippen molar-refractivity contribution in [1.82, 2.24) is 28.3 Å². The van der Waals surface area contributed by atoms with Gasteiger partial charge in [0.05, 0.1) is 38.6 Å². The van der Waals surface area contributed by atoms with E-state index in [0.717, 1.165) is 83.5 Å². The number of pyridine rings is 1. The van der Waals surface area contributed by atoms with E-state index in [1.54, 1.807) is 0 Å². The van der Waals surface area contributed by atoms with Gasteiger partial charge in [-0.05, 0) is 88.8 Å². The summed E-state index contributed by atoms with van der Waals surface area (Å²) in [6.45, 7) is 6.69. The Labute approximate surface area is 310 Å². The molecule has 5 heterocycles. The van der Waals surface area contributed by atoms with Crippen LogP contribution >= 0.6 is 0 Å². The number of para-hydroxylation sites is 3. The van der Waals surface area contributed by atoms with Gasteiger partial charge in [0, 0.05) is 34.5 Å². The van der Waals surface area contributed by atoms with E-state index in [2.05, 4.69) is 155 Å². The Balaban J connectivity index is 1.10. The number of rotatable bonds is 4. The number of fused-ring (bicyclic) bond motifs is 13. The topological polar surface area (TPSA) is 61.6 Å². The van der Waals surface area contributed by atoms with Gasteiger partial charge in [-0.3, -0.25) is 13.4 Å². The predicted molar refractivity (Wildman–Crippen MR) is 219 cm³/mol. The second-order valence-electron chi connectivity index (χ2n) is 15.0. The van der Waals surface area contributed by atoms with Gasteiger partial charge < -0.3 is 4.74 Å². The molecule has 0 amide bonds. The summed E-state index contributed by atoms with van der Waals surface area (Å²) in [6.07, 6.45) is 1.91. The Morgan fingerprint density at radius 1 is 0.500 bits per heavy atom. The van der Waals surface area contributed by atoms with E-state index in [1.165, 1.54) is 10.9 Å². The zero-order valence-electron chi connectivity index (χ0n) is 30.0. The summed E-state index contributed by atoms with van der Waals surface area (Å²) in [5.74, 6) is 3.14. The first-order chi connectivity index (χ1) is 26.4. The minimum Gasteiger partial charge on any atom is -0.457 e. The van der Waals surface area contributed by atoms with Crippen molar-refractivity contribution in [3.63, 3.8) is 0 Å². The van der Waals surface area contributed by atoms with E-state index in [4.69, 9.17) is 19.7 Å². The Morgan fingerprint density at radius 2 is 1.22 bits per heavy atom. The van der Waals surface area contributed by atoms with Gasteiger partial charge in [-0.15, -0.1) is 0 Å². The summed E-state index contributed by atoms with van der Waals surface area (Å²) >= 11 is 0. The van der Waals surface area contributed by atoms with Gasteiger partial charge in [0.1, 0.15) is 23.0 Å². The van der Waals surface area contributed by atoms with Crippen LogP contribution in [0.25, 0.3) is 83.1 Å². The quantitative estimate of drug-likeness (QED) is 0.184. The van der Waals surface area contributed by atoms with Crippen LogP contribution in [0.1, 0.15) is 26.3 Å². The minimum absolute atomic E-state index is 0.00757. The maximum atomic E-state index is 6.71. The Kier molecular flexibility index (Phi) is 6.38. The summed E-state index contributed by atoms with van der Waals surface area (Å²) in [5.41, 5.74) is 11.4. The fourth-order valence-electron chi connectivity index (χ4n) is 8.03. The zero-order chi connectivity index (χ0) is 36.1. The molecule has 7 heteroatoms. The van der Waals surface area contributed by atoms with E-state index in [-0.39, 0.29) is 5.41 Å². The first-order valence-corrected chi connectivity index (χ1v) is 18.3. The molecule has 0 saturated heterocycles. The Bertz CT molecular complexity index is 3290. The molecule has 6 aromatic carbocycles.